The SMILES string of the molecule is N#Cc1ccnc(N2C(=O)CCC2(C(=O)Nc2ccc3cn[nH]c3c2)[C@@H](C(=O)NC2CCC(F)(F)CC2)c2ccccc2Cl)c1. The molecule has 0 bridgehead atoms. The minimum atomic E-state index is -2.81. The fourth-order valence-electron chi connectivity index (χ4n) is 6.35. The Labute approximate surface area is 261 Å². The highest BCUT2D eigenvalue weighted by atomic mass is 35.5. The first kappa shape index (κ1) is 30.1. The summed E-state index contributed by atoms with van der Waals surface area (Å²) in [5.74, 6) is -6.01. The van der Waals surface area contributed by atoms with Crippen LogP contribution in [0.1, 0.15) is 55.6 Å². The van der Waals surface area contributed by atoms with Gasteiger partial charge in [-0.1, -0.05) is 29.8 Å². The van der Waals surface area contributed by atoms with Crippen LogP contribution >= 0.6 is 11.6 Å². The summed E-state index contributed by atoms with van der Waals surface area (Å²) in [6.07, 6.45) is 2.09. The van der Waals surface area contributed by atoms with Crippen molar-refractivity contribution in [2.75, 3.05) is 10.2 Å². The van der Waals surface area contributed by atoms with Crippen molar-refractivity contribution in [2.24, 2.45) is 0 Å². The summed E-state index contributed by atoms with van der Waals surface area (Å²) in [6.45, 7) is 0. The predicted octanol–water partition coefficient (Wildman–Crippen LogP) is 5.47. The van der Waals surface area contributed by atoms with Gasteiger partial charge in [-0.05, 0) is 61.2 Å². The molecular weight excluding hydrogens is 604 g/mol. The van der Waals surface area contributed by atoms with Crippen LogP contribution in [0.15, 0.2) is 67.0 Å². The third kappa shape index (κ3) is 5.71. The first-order chi connectivity index (χ1) is 21.6. The molecule has 2 aromatic carbocycles. The lowest BCUT2D eigenvalue weighted by Crippen LogP contribution is -2.62. The number of aromatic nitrogens is 3. The number of nitriles is 1. The molecule has 3 heterocycles. The Morgan fingerprint density at radius 2 is 1.89 bits per heavy atom. The predicted molar refractivity (Wildman–Crippen MR) is 163 cm³/mol. The van der Waals surface area contributed by atoms with E-state index >= 15 is 0 Å². The maximum atomic E-state index is 14.8. The van der Waals surface area contributed by atoms with Gasteiger partial charge in [0.1, 0.15) is 11.4 Å². The van der Waals surface area contributed by atoms with Gasteiger partial charge in [-0.15, -0.1) is 0 Å². The summed E-state index contributed by atoms with van der Waals surface area (Å²) in [5.41, 5.74) is -0.427. The number of carbonyl (C=O) groups is 3. The van der Waals surface area contributed by atoms with Crippen LogP contribution in [0.2, 0.25) is 5.02 Å². The molecule has 10 nitrogen and oxygen atoms in total. The van der Waals surface area contributed by atoms with Crippen molar-refractivity contribution in [3.63, 3.8) is 0 Å². The van der Waals surface area contributed by atoms with Crippen molar-refractivity contribution in [1.82, 2.24) is 20.5 Å². The maximum Gasteiger partial charge on any atom is 0.251 e. The largest absolute Gasteiger partial charge is 0.353 e. The first-order valence-electron chi connectivity index (χ1n) is 14.5. The summed E-state index contributed by atoms with van der Waals surface area (Å²) in [6, 6.07) is 15.9. The fraction of sp³-hybridized carbons (Fsp3) is 0.312. The Bertz CT molecular complexity index is 1830. The van der Waals surface area contributed by atoms with Crippen molar-refractivity contribution in [2.45, 2.75) is 61.9 Å². The number of benzene rings is 2. The number of aromatic amines is 1. The molecule has 0 radical (unpaired) electrons. The number of hydrogen-bond donors (Lipinski definition) is 3. The van der Waals surface area contributed by atoms with Gasteiger partial charge in [0.2, 0.25) is 17.7 Å². The summed E-state index contributed by atoms with van der Waals surface area (Å²) in [4.78, 5) is 48.5. The second-order valence-electron chi connectivity index (χ2n) is 11.4. The molecule has 2 aromatic heterocycles. The maximum absolute atomic E-state index is 14.8. The van der Waals surface area contributed by atoms with E-state index in [1.54, 1.807) is 48.7 Å². The van der Waals surface area contributed by atoms with E-state index in [-0.39, 0.29) is 60.5 Å². The smallest absolute Gasteiger partial charge is 0.251 e. The number of fused-ring (bicyclic) bond motifs is 1. The number of nitrogens with one attached hydrogen (secondary N) is 3. The summed E-state index contributed by atoms with van der Waals surface area (Å²) >= 11 is 6.70. The summed E-state index contributed by atoms with van der Waals surface area (Å²) in [5, 5.41) is 23.3. The van der Waals surface area contributed by atoms with Crippen LogP contribution in [-0.4, -0.2) is 50.4 Å². The molecule has 1 saturated carbocycles. The average molecular weight is 632 g/mol. The number of anilines is 2. The lowest BCUT2D eigenvalue weighted by Gasteiger charge is -2.42. The summed E-state index contributed by atoms with van der Waals surface area (Å²) < 4.78 is 27.9. The molecule has 45 heavy (non-hydrogen) atoms. The number of pyridine rings is 1. The third-order valence-electron chi connectivity index (χ3n) is 8.58. The average Bonchev–Trinajstić information content (AvgIpc) is 3.64. The minimum Gasteiger partial charge on any atom is -0.353 e. The van der Waals surface area contributed by atoms with Crippen LogP contribution in [0.5, 0.6) is 0 Å². The molecule has 6 rings (SSSR count). The van der Waals surface area contributed by atoms with E-state index in [2.05, 4.69) is 25.8 Å². The number of amides is 3. The zero-order chi connectivity index (χ0) is 31.8. The number of H-pyrrole nitrogens is 1. The van der Waals surface area contributed by atoms with Gasteiger partial charge in [0.05, 0.1) is 29.3 Å². The molecule has 230 valence electrons. The molecule has 2 atom stereocenters. The highest BCUT2D eigenvalue weighted by Crippen LogP contribution is 2.47. The van der Waals surface area contributed by atoms with Gasteiger partial charge >= 0.3 is 0 Å². The van der Waals surface area contributed by atoms with Crippen molar-refractivity contribution in [3.05, 3.63) is 83.1 Å². The quantitative estimate of drug-likeness (QED) is 0.247. The van der Waals surface area contributed by atoms with Crippen LogP contribution in [0.25, 0.3) is 10.9 Å². The van der Waals surface area contributed by atoms with Gasteiger partial charge in [0, 0.05) is 47.6 Å². The molecule has 1 unspecified atom stereocenters. The normalized spacial score (nSPS) is 20.5. The van der Waals surface area contributed by atoms with Crippen molar-refractivity contribution < 1.29 is 23.2 Å². The molecule has 3 N–H and O–H groups in total. The molecule has 3 amide bonds. The fourth-order valence-corrected chi connectivity index (χ4v) is 6.60. The van der Waals surface area contributed by atoms with E-state index in [1.165, 1.54) is 23.2 Å². The van der Waals surface area contributed by atoms with Crippen LogP contribution in [-0.2, 0) is 14.4 Å². The van der Waals surface area contributed by atoms with Gasteiger partial charge in [-0.25, -0.2) is 13.8 Å². The van der Waals surface area contributed by atoms with E-state index in [1.807, 2.05) is 6.07 Å². The van der Waals surface area contributed by atoms with Crippen LogP contribution < -0.4 is 15.5 Å². The molecule has 4 aromatic rings. The minimum absolute atomic E-state index is 0.0119. The molecule has 2 fully saturated rings. The number of alkyl halides is 2. The second kappa shape index (κ2) is 11.9. The number of nitrogens with zero attached hydrogens (tertiary/aromatic N) is 4. The third-order valence-corrected chi connectivity index (χ3v) is 8.93. The van der Waals surface area contributed by atoms with Gasteiger partial charge in [-0.2, -0.15) is 10.4 Å². The zero-order valence-corrected chi connectivity index (χ0v) is 24.7. The van der Waals surface area contributed by atoms with E-state index in [0.29, 0.717) is 11.2 Å². The van der Waals surface area contributed by atoms with Gasteiger partial charge in [0.15, 0.2) is 0 Å². The first-order valence-corrected chi connectivity index (χ1v) is 14.9. The Kier molecular flexibility index (Phi) is 7.97. The second-order valence-corrected chi connectivity index (χ2v) is 11.8. The number of rotatable bonds is 7. The molecule has 1 aliphatic heterocycles. The lowest BCUT2D eigenvalue weighted by molar-refractivity contribution is -0.132. The monoisotopic (exact) mass is 631 g/mol. The molecule has 13 heteroatoms. The van der Waals surface area contributed by atoms with E-state index in [0.717, 1.165) is 5.39 Å². The Morgan fingerprint density at radius 3 is 2.64 bits per heavy atom. The summed E-state index contributed by atoms with van der Waals surface area (Å²) in [7, 11) is 0. The van der Waals surface area contributed by atoms with Crippen LogP contribution in [0.3, 0.4) is 0 Å². The van der Waals surface area contributed by atoms with E-state index in [4.69, 9.17) is 11.6 Å². The van der Waals surface area contributed by atoms with Gasteiger partial charge < -0.3 is 10.6 Å². The molecule has 2 aliphatic rings. The highest BCUT2D eigenvalue weighted by molar-refractivity contribution is 6.32. The van der Waals surface area contributed by atoms with Gasteiger partial charge in [-0.3, -0.25) is 24.4 Å². The standard InChI is InChI=1S/C32H28ClF2N7O3/c33-24-4-2-1-3-23(24)28(29(44)39-21-7-11-31(34,35)12-8-21)32(30(45)40-22-6-5-20-18-38-41-25(20)16-22)13-9-27(43)42(32)26-15-19(17-36)10-14-37-26/h1-6,10,14-16,18,21,28H,7-9,11-13H2,(H,38,41)(H,39,44)(H,40,45)/t28-,32?/m1/s1. The Morgan fingerprint density at radius 1 is 1.11 bits per heavy atom. The van der Waals surface area contributed by atoms with E-state index < -0.39 is 41.1 Å². The topological polar surface area (TPSA) is 144 Å². The van der Waals surface area contributed by atoms with Crippen molar-refractivity contribution >= 4 is 51.7 Å². The van der Waals surface area contributed by atoms with Gasteiger partial charge in [0.25, 0.3) is 5.91 Å². The Hall–Kier alpha value is -4.89. The molecular formula is C32H28ClF2N7O3. The lowest BCUT2D eigenvalue weighted by atomic mass is 9.75. The number of hydrogen-bond acceptors (Lipinski definition) is 6. The highest BCUT2D eigenvalue weighted by Gasteiger charge is 2.60. The molecule has 0 spiro atoms. The number of halogens is 3. The van der Waals surface area contributed by atoms with E-state index in [9.17, 15) is 28.4 Å². The van der Waals surface area contributed by atoms with Crippen molar-refractivity contribution in [1.29, 1.82) is 5.26 Å². The van der Waals surface area contributed by atoms with Crippen LogP contribution in [0.4, 0.5) is 20.3 Å². The molecule has 1 saturated heterocycles. The number of carbonyl (C=O) groups excluding carboxylic acids is 3. The molecule has 1 aliphatic carbocycles. The Balaban J connectivity index is 1.50. The zero-order valence-electron chi connectivity index (χ0n) is 23.9. The van der Waals surface area contributed by atoms with Crippen LogP contribution in [0, 0.1) is 11.3 Å². The van der Waals surface area contributed by atoms with Crippen molar-refractivity contribution in [3.8, 4) is 6.07 Å².